The Labute approximate surface area is 146 Å². The Morgan fingerprint density at radius 3 is 2.17 bits per heavy atom. The van der Waals surface area contributed by atoms with Crippen LogP contribution in [0.15, 0.2) is 70.7 Å². The van der Waals surface area contributed by atoms with Crippen molar-refractivity contribution in [1.82, 2.24) is 40.8 Å². The molecule has 0 radical (unpaired) electrons. The summed E-state index contributed by atoms with van der Waals surface area (Å²) in [4.78, 5) is 1.11. The normalized spacial score (nSPS) is 10.0. The molecule has 0 spiro atoms. The van der Waals surface area contributed by atoms with Gasteiger partial charge in [0.25, 0.3) is 0 Å². The van der Waals surface area contributed by atoms with Crippen LogP contribution >= 0.6 is 24.0 Å². The third kappa shape index (κ3) is 4.33. The van der Waals surface area contributed by atoms with Crippen LogP contribution in [0.5, 0.6) is 0 Å². The van der Waals surface area contributed by atoms with E-state index in [1.54, 1.807) is 4.68 Å². The van der Waals surface area contributed by atoms with Gasteiger partial charge in [-0.05, 0) is 53.5 Å². The van der Waals surface area contributed by atoms with Gasteiger partial charge in [-0.15, -0.1) is 10.2 Å². The number of H-pyrrole nitrogens is 2. The van der Waals surface area contributed by atoms with Crippen LogP contribution in [-0.2, 0) is 0 Å². The van der Waals surface area contributed by atoms with E-state index in [1.807, 2.05) is 60.7 Å². The Morgan fingerprint density at radius 2 is 1.58 bits per heavy atom. The van der Waals surface area contributed by atoms with E-state index in [0.29, 0.717) is 9.93 Å². The molecule has 0 aliphatic carbocycles. The fraction of sp³-hybridized carbons (Fsp3) is 0. The van der Waals surface area contributed by atoms with Gasteiger partial charge < -0.3 is 0 Å². The number of tetrazole rings is 2. The lowest BCUT2D eigenvalue weighted by atomic mass is 10.3. The lowest BCUT2D eigenvalue weighted by Gasteiger charge is -1.97. The monoisotopic (exact) mass is 356 g/mol. The SMILES string of the molecule is S=c1nn[nH]n1-c1ccccc1.c1ccc(Sc2nn[nH]n2)cc1. The Kier molecular flexibility index (Phi) is 5.43. The van der Waals surface area contributed by atoms with Crippen LogP contribution in [0.3, 0.4) is 0 Å². The molecular formula is C14H12N8S2. The number of para-hydroxylation sites is 1. The average Bonchev–Trinajstić information content (AvgIpc) is 3.29. The largest absolute Gasteiger partial charge is 0.242 e. The topological polar surface area (TPSA) is 101 Å². The molecule has 4 aromatic rings. The highest BCUT2D eigenvalue weighted by molar-refractivity contribution is 7.99. The van der Waals surface area contributed by atoms with Crippen LogP contribution in [-0.4, -0.2) is 40.8 Å². The van der Waals surface area contributed by atoms with E-state index in [0.717, 1.165) is 10.6 Å². The molecule has 2 N–H and O–H groups in total. The summed E-state index contributed by atoms with van der Waals surface area (Å²) < 4.78 is 2.07. The lowest BCUT2D eigenvalue weighted by Crippen LogP contribution is -1.95. The highest BCUT2D eigenvalue weighted by atomic mass is 32.2. The Bertz CT molecular complexity index is 903. The number of rotatable bonds is 3. The maximum Gasteiger partial charge on any atom is 0.242 e. The van der Waals surface area contributed by atoms with Crippen molar-refractivity contribution < 1.29 is 0 Å². The van der Waals surface area contributed by atoms with Crippen LogP contribution in [0.25, 0.3) is 5.69 Å². The maximum atomic E-state index is 4.93. The van der Waals surface area contributed by atoms with Crippen molar-refractivity contribution in [2.24, 2.45) is 0 Å². The van der Waals surface area contributed by atoms with Crippen LogP contribution in [0.1, 0.15) is 0 Å². The minimum Gasteiger partial charge on any atom is -0.210 e. The Morgan fingerprint density at radius 1 is 0.875 bits per heavy atom. The van der Waals surface area contributed by atoms with Gasteiger partial charge in [-0.25, -0.2) is 4.68 Å². The molecule has 0 fully saturated rings. The molecule has 0 aliphatic heterocycles. The fourth-order valence-electron chi connectivity index (χ4n) is 1.73. The van der Waals surface area contributed by atoms with Gasteiger partial charge in [-0.1, -0.05) is 46.7 Å². The number of nitrogens with one attached hydrogen (secondary N) is 2. The van der Waals surface area contributed by atoms with Gasteiger partial charge in [-0.3, -0.25) is 0 Å². The summed E-state index contributed by atoms with van der Waals surface area (Å²) in [6.45, 7) is 0. The quantitative estimate of drug-likeness (QED) is 0.544. The van der Waals surface area contributed by atoms with Crippen LogP contribution in [0.4, 0.5) is 0 Å². The zero-order valence-corrected chi connectivity index (χ0v) is 13.9. The second-order valence-corrected chi connectivity index (χ2v) is 5.77. The summed E-state index contributed by atoms with van der Waals surface area (Å²) in [7, 11) is 0. The van der Waals surface area contributed by atoms with E-state index in [4.69, 9.17) is 12.2 Å². The van der Waals surface area contributed by atoms with E-state index in [2.05, 4.69) is 36.1 Å². The van der Waals surface area contributed by atoms with Gasteiger partial charge in [0.2, 0.25) is 9.93 Å². The molecule has 2 aromatic heterocycles. The number of nitrogens with zero attached hydrogens (tertiary/aromatic N) is 6. The predicted octanol–water partition coefficient (Wildman–Crippen LogP) is 2.68. The predicted molar refractivity (Wildman–Crippen MR) is 91.3 cm³/mol. The fourth-order valence-corrected chi connectivity index (χ4v) is 2.59. The Hall–Kier alpha value is -2.85. The standard InChI is InChI=1S/2C7H6N4S/c12-7-8-9-10-11(7)6-4-2-1-3-5-6;1-2-4-6(5-3-1)12-7-8-10-11-9-7/h1-5H,(H,8,10,12);1-5H,(H,8,9,10,11). The van der Waals surface area contributed by atoms with E-state index in [1.165, 1.54) is 11.8 Å². The third-order valence-electron chi connectivity index (χ3n) is 2.76. The van der Waals surface area contributed by atoms with Crippen LogP contribution in [0.2, 0.25) is 0 Å². The maximum absolute atomic E-state index is 4.93. The van der Waals surface area contributed by atoms with Crippen molar-refractivity contribution >= 4 is 24.0 Å². The van der Waals surface area contributed by atoms with Crippen LogP contribution in [0, 0.1) is 4.77 Å². The van der Waals surface area contributed by atoms with Crippen molar-refractivity contribution in [2.75, 3.05) is 0 Å². The van der Waals surface area contributed by atoms with Gasteiger partial charge in [0.05, 0.1) is 5.69 Å². The minimum absolute atomic E-state index is 0.432. The summed E-state index contributed by atoms with van der Waals surface area (Å²) in [5.74, 6) is 0. The van der Waals surface area contributed by atoms with E-state index in [-0.39, 0.29) is 0 Å². The molecule has 0 bridgehead atoms. The number of hydrogen-bond acceptors (Lipinski definition) is 7. The summed E-state index contributed by atoms with van der Waals surface area (Å²) in [6, 6.07) is 19.6. The molecule has 120 valence electrons. The molecule has 0 atom stereocenters. The number of benzene rings is 2. The first kappa shape index (κ1) is 16.0. The molecule has 8 nitrogen and oxygen atoms in total. The van der Waals surface area contributed by atoms with Gasteiger partial charge in [0.1, 0.15) is 0 Å². The molecule has 0 amide bonds. The Balaban J connectivity index is 0.000000141. The van der Waals surface area contributed by atoms with Crippen molar-refractivity contribution in [3.05, 3.63) is 65.4 Å². The third-order valence-corrected chi connectivity index (χ3v) is 3.89. The summed E-state index contributed by atoms with van der Waals surface area (Å²) >= 11 is 6.40. The van der Waals surface area contributed by atoms with E-state index in [9.17, 15) is 0 Å². The van der Waals surface area contributed by atoms with E-state index >= 15 is 0 Å². The van der Waals surface area contributed by atoms with Gasteiger partial charge >= 0.3 is 0 Å². The number of hydrogen-bond donors (Lipinski definition) is 2. The molecule has 0 saturated heterocycles. The average molecular weight is 356 g/mol. The number of aromatic nitrogens is 8. The smallest absolute Gasteiger partial charge is 0.210 e. The van der Waals surface area contributed by atoms with Gasteiger partial charge in [0.15, 0.2) is 0 Å². The van der Waals surface area contributed by atoms with Crippen molar-refractivity contribution in [3.8, 4) is 5.69 Å². The first-order chi connectivity index (χ1) is 11.8. The molecule has 10 heteroatoms. The number of aromatic amines is 2. The molecule has 0 aliphatic rings. The van der Waals surface area contributed by atoms with Crippen molar-refractivity contribution in [2.45, 2.75) is 10.1 Å². The first-order valence-corrected chi connectivity index (χ1v) is 8.07. The second kappa shape index (κ2) is 8.13. The molecule has 2 heterocycles. The highest BCUT2D eigenvalue weighted by Crippen LogP contribution is 2.22. The van der Waals surface area contributed by atoms with Gasteiger partial charge in [-0.2, -0.15) is 10.4 Å². The summed E-state index contributed by atoms with van der Waals surface area (Å²) in [5, 5.41) is 24.1. The first-order valence-electron chi connectivity index (χ1n) is 6.85. The minimum atomic E-state index is 0.432. The van der Waals surface area contributed by atoms with Crippen molar-refractivity contribution in [3.63, 3.8) is 0 Å². The molecule has 24 heavy (non-hydrogen) atoms. The van der Waals surface area contributed by atoms with E-state index < -0.39 is 0 Å². The molecule has 0 saturated carbocycles. The van der Waals surface area contributed by atoms with Crippen molar-refractivity contribution in [1.29, 1.82) is 0 Å². The molecular weight excluding hydrogens is 344 g/mol. The van der Waals surface area contributed by atoms with Gasteiger partial charge in [0, 0.05) is 4.90 Å². The summed E-state index contributed by atoms with van der Waals surface area (Å²) in [6.07, 6.45) is 0. The highest BCUT2D eigenvalue weighted by Gasteiger charge is 1.99. The zero-order chi connectivity index (χ0) is 16.6. The molecule has 2 aromatic carbocycles. The molecule has 4 rings (SSSR count). The van der Waals surface area contributed by atoms with Crippen LogP contribution < -0.4 is 0 Å². The second-order valence-electron chi connectivity index (χ2n) is 4.36. The summed E-state index contributed by atoms with van der Waals surface area (Å²) in [5.41, 5.74) is 0.938. The zero-order valence-electron chi connectivity index (χ0n) is 12.3. The molecule has 0 unspecified atom stereocenters. The lowest BCUT2D eigenvalue weighted by molar-refractivity contribution is 0.786.